The van der Waals surface area contributed by atoms with Crippen LogP contribution in [0.1, 0.15) is 115 Å². The number of fused-ring (bicyclic) bond motifs is 2. The van der Waals surface area contributed by atoms with E-state index in [-0.39, 0.29) is 81.9 Å². The molecular formula is C74H102N20O19S. The van der Waals surface area contributed by atoms with Crippen LogP contribution in [0.3, 0.4) is 0 Å². The van der Waals surface area contributed by atoms with Gasteiger partial charge >= 0.3 is 0 Å². The molecule has 12 atom stereocenters. The van der Waals surface area contributed by atoms with Crippen LogP contribution in [0.15, 0.2) is 85.2 Å². The molecular weight excluding hydrogens is 1510 g/mol. The normalized spacial score (nSPS) is 19.1. The van der Waals surface area contributed by atoms with Gasteiger partial charge in [0.2, 0.25) is 100 Å². The van der Waals surface area contributed by atoms with Crippen LogP contribution in [0, 0.1) is 0 Å². The highest BCUT2D eigenvalue weighted by molar-refractivity contribution is 7.99. The smallest absolute Gasteiger partial charge is 0.246 e. The predicted octanol–water partition coefficient (Wildman–Crippen LogP) is -5.30. The lowest BCUT2D eigenvalue weighted by Crippen LogP contribution is -2.64. The zero-order chi connectivity index (χ0) is 83.9. The summed E-state index contributed by atoms with van der Waals surface area (Å²) in [5, 5.41) is 55.8. The molecule has 2 aromatic heterocycles. The average molecular weight is 1610 g/mol. The van der Waals surface area contributed by atoms with Crippen molar-refractivity contribution >= 4 is 134 Å². The van der Waals surface area contributed by atoms with E-state index in [2.05, 4.69) is 79.1 Å². The van der Waals surface area contributed by atoms with Crippen molar-refractivity contribution in [1.82, 2.24) is 79.1 Å². The number of phenols is 1. The lowest BCUT2D eigenvalue weighted by Gasteiger charge is -2.34. The zero-order valence-electron chi connectivity index (χ0n) is 63.5. The van der Waals surface area contributed by atoms with Crippen molar-refractivity contribution in [2.75, 3.05) is 31.1 Å². The van der Waals surface area contributed by atoms with Crippen LogP contribution in [0.25, 0.3) is 21.8 Å². The molecule has 618 valence electrons. The number of aromatic amines is 2. The van der Waals surface area contributed by atoms with Crippen molar-refractivity contribution in [2.24, 2.45) is 28.7 Å². The third-order valence-electron chi connectivity index (χ3n) is 18.5. The third kappa shape index (κ3) is 28.8. The van der Waals surface area contributed by atoms with Gasteiger partial charge in [0, 0.05) is 92.4 Å². The third-order valence-corrected chi connectivity index (χ3v) is 19.6. The van der Waals surface area contributed by atoms with Gasteiger partial charge in [0.1, 0.15) is 71.7 Å². The summed E-state index contributed by atoms with van der Waals surface area (Å²) in [4.78, 5) is 241. The van der Waals surface area contributed by atoms with E-state index < -0.39 is 217 Å². The van der Waals surface area contributed by atoms with E-state index in [0.29, 0.717) is 38.5 Å². The molecule has 1 aliphatic heterocycles. The molecule has 1 aliphatic rings. The first kappa shape index (κ1) is 90.7. The van der Waals surface area contributed by atoms with E-state index >= 15 is 24.0 Å². The molecule has 1 saturated heterocycles. The molecule has 17 amide bonds. The maximum atomic E-state index is 15.5. The molecule has 27 N–H and O–H groups in total. The Morgan fingerprint density at radius 3 is 1.73 bits per heavy atom. The summed E-state index contributed by atoms with van der Waals surface area (Å²) in [5.41, 5.74) is 28.1. The number of aromatic nitrogens is 2. The number of H-pyrrole nitrogens is 2. The van der Waals surface area contributed by atoms with Crippen LogP contribution in [-0.2, 0) is 101 Å². The number of aliphatic hydroxyl groups excluding tert-OH is 1. The second-order valence-corrected chi connectivity index (χ2v) is 29.0. The number of rotatable bonds is 37. The van der Waals surface area contributed by atoms with Crippen LogP contribution in [-0.4, -0.2) is 224 Å². The first-order chi connectivity index (χ1) is 54.0. The molecule has 40 heteroatoms. The number of thioether (sulfide) groups is 1. The number of primary amides is 4. The SMILES string of the molecule is CC(=O)NCCCC[C@H](NC(=O)[C@](C)(CCCN)NC(=O)[C@H](Cc1c[nH]c2ccccc12)NC(=O)[C@H](Cc1ccc(O)cc1)NC(=O)[C@@H]1CSCC[C@H](NC(C)=O)C(=O)N[C@@H](CCC(N)=O)C(=O)N[C@@H]([C@@H](C)O)C(=O)N[C@@H](Cc2c[nH]c3ccccc23)C(=O)N[C@@H](CCC(N)=O)C(=O)N1)C(=O)N[C@@H](CC(N)=O)C(=O)NCC(N)=O. The number of hydrogen-bond acceptors (Lipinski definition) is 21. The van der Waals surface area contributed by atoms with Crippen molar-refractivity contribution in [1.29, 1.82) is 0 Å². The topological polar surface area (TPSA) is 649 Å². The summed E-state index contributed by atoms with van der Waals surface area (Å²) in [6.07, 6.45) is -2.73. The largest absolute Gasteiger partial charge is 0.508 e. The lowest BCUT2D eigenvalue weighted by molar-refractivity contribution is -0.138. The Morgan fingerprint density at radius 1 is 0.579 bits per heavy atom. The van der Waals surface area contributed by atoms with Crippen LogP contribution >= 0.6 is 11.8 Å². The maximum absolute atomic E-state index is 15.5. The van der Waals surface area contributed by atoms with Gasteiger partial charge in [-0.05, 0) is 118 Å². The highest BCUT2D eigenvalue weighted by atomic mass is 32.2. The first-order valence-electron chi connectivity index (χ1n) is 36.9. The molecule has 0 saturated carbocycles. The molecule has 0 bridgehead atoms. The number of aliphatic hydroxyl groups is 1. The first-order valence-corrected chi connectivity index (χ1v) is 38.0. The van der Waals surface area contributed by atoms with Crippen LogP contribution < -0.4 is 97.8 Å². The van der Waals surface area contributed by atoms with E-state index in [9.17, 15) is 67.7 Å². The number of carbonyl (C=O) groups is 17. The van der Waals surface area contributed by atoms with Gasteiger partial charge in [0.25, 0.3) is 0 Å². The number of nitrogens with one attached hydrogen (secondary N) is 15. The van der Waals surface area contributed by atoms with Crippen LogP contribution in [0.4, 0.5) is 0 Å². The molecule has 0 radical (unpaired) electrons. The Kier molecular flexibility index (Phi) is 35.1. The van der Waals surface area contributed by atoms with Crippen molar-refractivity contribution in [3.8, 4) is 5.75 Å². The van der Waals surface area contributed by atoms with Crippen molar-refractivity contribution in [2.45, 2.75) is 190 Å². The summed E-state index contributed by atoms with van der Waals surface area (Å²) in [5.74, 6) is -17.5. The van der Waals surface area contributed by atoms with Crippen molar-refractivity contribution < 1.29 is 91.7 Å². The number of phenolic OH excluding ortho intramolecular Hbond substituents is 1. The Morgan fingerprint density at radius 2 is 1.14 bits per heavy atom. The molecule has 0 spiro atoms. The fraction of sp³-hybridized carbons (Fsp3) is 0.473. The Hall–Kier alpha value is -12.2. The molecule has 1 fully saturated rings. The minimum atomic E-state index is -2.03. The number of unbranched alkanes of at least 4 members (excludes halogenated alkanes) is 1. The standard InChI is InChI=1S/C74H102N20O19S/c1-38(95)62-72(112)90-54(31-42-34-81-47-14-7-5-12-45(42)47)69(109)86-50(21-23-58(76)99)65(105)91-57(37-114-29-25-52(84-40(3)97)66(106)85-51(67(107)93-62)22-24-59(77)100)70(110)87-53(30-41-17-19-44(98)20-18-41)68(108)88-55(32-43-35-82-48-15-8-6-13-46(43)48)71(111)94-74(4,26-11-27-75)73(113)92-49(16-9-10-28-80-39(2)96)64(104)89-56(33-60(78)101)63(103)83-36-61(79)102/h5-8,12-15,17-20,34-35,38,49-57,62,81-82,95,98H,9-11,16,21-33,36-37,75H2,1-4H3,(H2,76,99)(H2,77,100)(H2,78,101)(H2,79,102)(H,80,96)(H,83,103)(H,84,97)(H,85,106)(H,86,109)(H,87,110)(H,88,108)(H,89,104)(H,90,112)(H,91,105)(H,92,113)(H,93,107)(H,94,111)/t38-,49+,50+,51+,52+,53+,54+,55+,56+,57+,62+,74+/m1/s1. The second-order valence-electron chi connectivity index (χ2n) is 27.9. The number of hydrogen-bond donors (Lipinski definition) is 22. The number of amides is 17. The van der Waals surface area contributed by atoms with E-state index in [0.717, 1.165) is 25.6 Å². The van der Waals surface area contributed by atoms with Crippen LogP contribution in [0.2, 0.25) is 0 Å². The second kappa shape index (κ2) is 44.1. The minimum absolute atomic E-state index is 0.0481. The molecule has 114 heavy (non-hydrogen) atoms. The predicted molar refractivity (Wildman–Crippen MR) is 415 cm³/mol. The molecule has 3 heterocycles. The van der Waals surface area contributed by atoms with E-state index in [1.165, 1.54) is 38.1 Å². The Balaban J connectivity index is 1.43. The van der Waals surface area contributed by atoms with Gasteiger partial charge in [-0.25, -0.2) is 0 Å². The van der Waals surface area contributed by atoms with Gasteiger partial charge in [-0.2, -0.15) is 11.8 Å². The Bertz CT molecular complexity index is 4310. The molecule has 5 aromatic rings. The van der Waals surface area contributed by atoms with E-state index in [4.69, 9.17) is 28.7 Å². The fourth-order valence-corrected chi connectivity index (χ4v) is 13.4. The minimum Gasteiger partial charge on any atom is -0.508 e. The summed E-state index contributed by atoms with van der Waals surface area (Å²) in [7, 11) is 0. The van der Waals surface area contributed by atoms with E-state index in [1.54, 1.807) is 60.9 Å². The van der Waals surface area contributed by atoms with Crippen LogP contribution in [0.5, 0.6) is 5.75 Å². The average Bonchev–Trinajstić information content (AvgIpc) is 1.80. The summed E-state index contributed by atoms with van der Waals surface area (Å²) in [6.45, 7) is 4.25. The molecule has 3 aromatic carbocycles. The van der Waals surface area contributed by atoms with Gasteiger partial charge < -0.3 is 118 Å². The number of nitrogens with two attached hydrogens (primary N) is 5. The zero-order valence-corrected chi connectivity index (χ0v) is 64.3. The summed E-state index contributed by atoms with van der Waals surface area (Å²) < 4.78 is 0. The molecule has 6 rings (SSSR count). The quantitative estimate of drug-likeness (QED) is 0.0165. The number of aromatic hydroxyl groups is 1. The lowest BCUT2D eigenvalue weighted by atomic mass is 9.92. The highest BCUT2D eigenvalue weighted by Gasteiger charge is 2.42. The molecule has 0 unspecified atom stereocenters. The van der Waals surface area contributed by atoms with Gasteiger partial charge in [0.05, 0.1) is 19.1 Å². The van der Waals surface area contributed by atoms with Gasteiger partial charge in [0.15, 0.2) is 0 Å². The monoisotopic (exact) mass is 1610 g/mol. The Labute approximate surface area is 659 Å². The van der Waals surface area contributed by atoms with Gasteiger partial charge in [-0.3, -0.25) is 81.5 Å². The van der Waals surface area contributed by atoms with Gasteiger partial charge in [-0.15, -0.1) is 0 Å². The summed E-state index contributed by atoms with van der Waals surface area (Å²) >= 11 is 0.913. The number of carbonyl (C=O) groups excluding carboxylic acids is 17. The number of para-hydroxylation sites is 2. The van der Waals surface area contributed by atoms with Crippen molar-refractivity contribution in [3.63, 3.8) is 0 Å². The molecule has 0 aliphatic carbocycles. The van der Waals surface area contributed by atoms with Crippen molar-refractivity contribution in [3.05, 3.63) is 102 Å². The maximum Gasteiger partial charge on any atom is 0.246 e. The molecule has 39 nitrogen and oxygen atoms in total. The highest BCUT2D eigenvalue weighted by Crippen LogP contribution is 2.24. The van der Waals surface area contributed by atoms with E-state index in [1.807, 2.05) is 0 Å². The summed E-state index contributed by atoms with van der Waals surface area (Å²) in [6, 6.07) is 2.28. The fourth-order valence-electron chi connectivity index (χ4n) is 12.4. The van der Waals surface area contributed by atoms with Gasteiger partial charge in [-0.1, -0.05) is 48.5 Å². The number of benzene rings is 3.